The number of ether oxygens (including phenoxy) is 2. The van der Waals surface area contributed by atoms with Gasteiger partial charge in [-0.3, -0.25) is 24.1 Å². The van der Waals surface area contributed by atoms with Crippen molar-refractivity contribution in [2.75, 3.05) is 13.2 Å². The fraction of sp³-hybridized carbons (Fsp3) is 0.519. The summed E-state index contributed by atoms with van der Waals surface area (Å²) in [6, 6.07) is 4.88. The molecule has 208 valence electrons. The van der Waals surface area contributed by atoms with Gasteiger partial charge in [-0.2, -0.15) is 0 Å². The second kappa shape index (κ2) is 14.6. The number of terminal acetylenes is 1. The summed E-state index contributed by atoms with van der Waals surface area (Å²) in [7, 11) is 0. The van der Waals surface area contributed by atoms with Gasteiger partial charge in [-0.1, -0.05) is 24.6 Å². The third-order valence-electron chi connectivity index (χ3n) is 5.43. The molecule has 0 aliphatic rings. The number of aryl methyl sites for hydroxylation is 1. The zero-order chi connectivity index (χ0) is 29.0. The Labute approximate surface area is 223 Å². The molecule has 0 heterocycles. The van der Waals surface area contributed by atoms with Crippen LogP contribution in [-0.4, -0.2) is 59.5 Å². The number of hydrogen-bond acceptors (Lipinski definition) is 7. The fourth-order valence-corrected chi connectivity index (χ4v) is 3.51. The van der Waals surface area contributed by atoms with Gasteiger partial charge < -0.3 is 25.8 Å². The summed E-state index contributed by atoms with van der Waals surface area (Å²) < 4.78 is 10.1. The summed E-state index contributed by atoms with van der Waals surface area (Å²) in [5.74, 6) is -2.64. The topological polar surface area (TPSA) is 157 Å². The monoisotopic (exact) mass is 530 g/mol. The Morgan fingerprint density at radius 1 is 1.13 bits per heavy atom. The molecule has 11 heteroatoms. The number of hydrogen-bond donors (Lipinski definition) is 3. The van der Waals surface area contributed by atoms with Gasteiger partial charge in [0.15, 0.2) is 0 Å². The maximum atomic E-state index is 13.7. The fourth-order valence-electron chi connectivity index (χ4n) is 3.51. The molecule has 1 aromatic rings. The summed E-state index contributed by atoms with van der Waals surface area (Å²) in [6.45, 7) is 10.4. The van der Waals surface area contributed by atoms with E-state index >= 15 is 0 Å². The van der Waals surface area contributed by atoms with Crippen LogP contribution in [0.2, 0.25) is 0 Å². The Hall–Kier alpha value is -4.07. The highest BCUT2D eigenvalue weighted by molar-refractivity contribution is 5.94. The number of nitrogens with two attached hydrogens (primary N) is 1. The molecule has 0 aliphatic carbocycles. The van der Waals surface area contributed by atoms with E-state index < -0.39 is 47.5 Å². The quantitative estimate of drug-likeness (QED) is 0.212. The van der Waals surface area contributed by atoms with Crippen LogP contribution in [-0.2, 0) is 28.7 Å². The number of nitrogens with zero attached hydrogens (tertiary/aromatic N) is 1. The van der Waals surface area contributed by atoms with E-state index in [1.807, 2.05) is 13.0 Å². The van der Waals surface area contributed by atoms with Crippen LogP contribution in [0.15, 0.2) is 18.2 Å². The molecule has 11 nitrogen and oxygen atoms in total. The van der Waals surface area contributed by atoms with Gasteiger partial charge >= 0.3 is 12.1 Å². The highest BCUT2D eigenvalue weighted by atomic mass is 16.6. The summed E-state index contributed by atoms with van der Waals surface area (Å²) >= 11 is 0. The Bertz CT molecular complexity index is 1070. The molecule has 0 saturated carbocycles. The SMILES string of the molecule is C#CN(C(=O)C(CCC(N)=O)NC(=O)OC(C)(C)C)C(C(=O)NCCC(=O)OCC)c1cccc(C)c1C. The first kappa shape index (κ1) is 32.0. The van der Waals surface area contributed by atoms with Crippen LogP contribution in [0.5, 0.6) is 0 Å². The summed E-state index contributed by atoms with van der Waals surface area (Å²) in [4.78, 5) is 63.6. The second-order valence-electron chi connectivity index (χ2n) is 9.58. The van der Waals surface area contributed by atoms with Crippen LogP contribution >= 0.6 is 0 Å². The standard InChI is InChI=1S/C27H38N4O7/c1-8-31(25(35)20(13-14-21(28)32)30-26(36)38-27(5,6)7)23(19-12-10-11-17(3)18(19)4)24(34)29-16-15-22(33)37-9-2/h1,10-12,20,23H,9,13-16H2,2-7H3,(H2,28,32)(H,29,34)(H,30,36). The first-order chi connectivity index (χ1) is 17.7. The van der Waals surface area contributed by atoms with Gasteiger partial charge in [0.05, 0.1) is 13.0 Å². The minimum atomic E-state index is -1.31. The van der Waals surface area contributed by atoms with Crippen molar-refractivity contribution in [2.45, 2.75) is 78.5 Å². The normalized spacial score (nSPS) is 12.3. The molecule has 38 heavy (non-hydrogen) atoms. The molecule has 1 rings (SSSR count). The van der Waals surface area contributed by atoms with E-state index in [2.05, 4.69) is 16.7 Å². The molecule has 0 radical (unpaired) electrons. The van der Waals surface area contributed by atoms with Crippen LogP contribution in [0.3, 0.4) is 0 Å². The zero-order valence-electron chi connectivity index (χ0n) is 22.9. The van der Waals surface area contributed by atoms with Crippen molar-refractivity contribution in [2.24, 2.45) is 5.73 Å². The number of benzene rings is 1. The van der Waals surface area contributed by atoms with Crippen molar-refractivity contribution >= 4 is 29.8 Å². The largest absolute Gasteiger partial charge is 0.466 e. The average molecular weight is 531 g/mol. The van der Waals surface area contributed by atoms with Gasteiger partial charge in [0.25, 0.3) is 5.91 Å². The molecular formula is C27H38N4O7. The lowest BCUT2D eigenvalue weighted by Crippen LogP contribution is -2.52. The second-order valence-corrected chi connectivity index (χ2v) is 9.58. The van der Waals surface area contributed by atoms with Crippen molar-refractivity contribution in [1.82, 2.24) is 15.5 Å². The van der Waals surface area contributed by atoms with Gasteiger partial charge in [-0.25, -0.2) is 4.79 Å². The number of alkyl carbamates (subject to hydrolysis) is 1. The minimum absolute atomic E-state index is 0.0487. The molecule has 0 fully saturated rings. The van der Waals surface area contributed by atoms with Crippen LogP contribution in [0.4, 0.5) is 4.79 Å². The number of nitrogens with one attached hydrogen (secondary N) is 2. The van der Waals surface area contributed by atoms with Crippen molar-refractivity contribution in [3.8, 4) is 12.5 Å². The first-order valence-corrected chi connectivity index (χ1v) is 12.3. The lowest BCUT2D eigenvalue weighted by Gasteiger charge is -2.31. The lowest BCUT2D eigenvalue weighted by molar-refractivity contribution is -0.143. The van der Waals surface area contributed by atoms with Crippen LogP contribution in [0.25, 0.3) is 0 Å². The van der Waals surface area contributed by atoms with Crippen molar-refractivity contribution < 1.29 is 33.4 Å². The third-order valence-corrected chi connectivity index (χ3v) is 5.43. The Morgan fingerprint density at radius 2 is 1.79 bits per heavy atom. The predicted octanol–water partition coefficient (Wildman–Crippen LogP) is 1.99. The van der Waals surface area contributed by atoms with Gasteiger partial charge in [0.2, 0.25) is 11.8 Å². The van der Waals surface area contributed by atoms with Crippen LogP contribution in [0, 0.1) is 26.3 Å². The Kier molecular flexibility index (Phi) is 12.3. The molecule has 0 saturated heterocycles. The van der Waals surface area contributed by atoms with Crippen molar-refractivity contribution in [3.63, 3.8) is 0 Å². The van der Waals surface area contributed by atoms with Gasteiger partial charge in [0.1, 0.15) is 17.7 Å². The van der Waals surface area contributed by atoms with E-state index in [9.17, 15) is 24.0 Å². The van der Waals surface area contributed by atoms with Gasteiger partial charge in [-0.15, -0.1) is 0 Å². The van der Waals surface area contributed by atoms with E-state index in [0.717, 1.165) is 16.0 Å². The number of primary amides is 1. The maximum Gasteiger partial charge on any atom is 0.408 e. The zero-order valence-corrected chi connectivity index (χ0v) is 22.9. The van der Waals surface area contributed by atoms with Gasteiger partial charge in [-0.05, 0) is 64.7 Å². The summed E-state index contributed by atoms with van der Waals surface area (Å²) in [5.41, 5.74) is 6.45. The van der Waals surface area contributed by atoms with Crippen LogP contribution in [0.1, 0.15) is 69.7 Å². The molecule has 2 atom stereocenters. The third kappa shape index (κ3) is 10.1. The molecule has 1 aromatic carbocycles. The Morgan fingerprint density at radius 3 is 2.34 bits per heavy atom. The molecule has 0 aromatic heterocycles. The summed E-state index contributed by atoms with van der Waals surface area (Å²) in [5, 5.41) is 5.07. The lowest BCUT2D eigenvalue weighted by atomic mass is 9.95. The number of carbonyl (C=O) groups is 5. The number of amides is 4. The van der Waals surface area contributed by atoms with Crippen molar-refractivity contribution in [3.05, 3.63) is 34.9 Å². The molecule has 4 amide bonds. The molecule has 2 unspecified atom stereocenters. The highest BCUT2D eigenvalue weighted by Crippen LogP contribution is 2.27. The van der Waals surface area contributed by atoms with E-state index in [1.54, 1.807) is 46.8 Å². The van der Waals surface area contributed by atoms with E-state index in [1.165, 1.54) is 0 Å². The number of rotatable bonds is 12. The molecule has 4 N–H and O–H groups in total. The van der Waals surface area contributed by atoms with E-state index in [0.29, 0.717) is 5.56 Å². The van der Waals surface area contributed by atoms with Crippen LogP contribution < -0.4 is 16.4 Å². The van der Waals surface area contributed by atoms with E-state index in [-0.39, 0.29) is 32.4 Å². The van der Waals surface area contributed by atoms with E-state index in [4.69, 9.17) is 21.6 Å². The molecule has 0 bridgehead atoms. The molecule has 0 spiro atoms. The molecular weight excluding hydrogens is 492 g/mol. The van der Waals surface area contributed by atoms with Gasteiger partial charge in [0, 0.05) is 19.0 Å². The molecule has 0 aliphatic heterocycles. The predicted molar refractivity (Wildman–Crippen MR) is 140 cm³/mol. The van der Waals surface area contributed by atoms with Crippen molar-refractivity contribution in [1.29, 1.82) is 0 Å². The average Bonchev–Trinajstić information content (AvgIpc) is 2.80. The maximum absolute atomic E-state index is 13.7. The smallest absolute Gasteiger partial charge is 0.408 e. The number of esters is 1. The summed E-state index contributed by atoms with van der Waals surface area (Å²) in [6.07, 6.45) is 4.36. The highest BCUT2D eigenvalue weighted by Gasteiger charge is 2.36. The minimum Gasteiger partial charge on any atom is -0.466 e. The number of carbonyl (C=O) groups excluding carboxylic acids is 5. The Balaban J connectivity index is 3.40. The first-order valence-electron chi connectivity index (χ1n) is 12.3.